The molecule has 0 fully saturated rings. The van der Waals surface area contributed by atoms with E-state index in [9.17, 15) is 10.1 Å². The first-order valence-electron chi connectivity index (χ1n) is 5.54. The maximum atomic E-state index is 10.6. The van der Waals surface area contributed by atoms with E-state index in [0.29, 0.717) is 12.4 Å². The number of aromatic nitrogens is 2. The molecule has 0 amide bonds. The van der Waals surface area contributed by atoms with Crippen molar-refractivity contribution in [3.8, 4) is 0 Å². The second-order valence-corrected chi connectivity index (χ2v) is 3.78. The molecular weight excluding hydrogens is 248 g/mol. The van der Waals surface area contributed by atoms with Gasteiger partial charge in [0.25, 0.3) is 0 Å². The summed E-state index contributed by atoms with van der Waals surface area (Å²) >= 11 is 0. The van der Waals surface area contributed by atoms with Crippen LogP contribution in [0.3, 0.4) is 0 Å². The zero-order chi connectivity index (χ0) is 13.7. The lowest BCUT2D eigenvalue weighted by Gasteiger charge is -1.98. The predicted molar refractivity (Wildman–Crippen MR) is 68.7 cm³/mol. The van der Waals surface area contributed by atoms with Gasteiger partial charge < -0.3 is 15.0 Å². The van der Waals surface area contributed by atoms with Crippen molar-refractivity contribution in [1.29, 1.82) is 0 Å². The predicted octanol–water partition coefficient (Wildman–Crippen LogP) is 1.88. The minimum atomic E-state index is -0.505. The summed E-state index contributed by atoms with van der Waals surface area (Å²) in [6.07, 6.45) is 2.52. The lowest BCUT2D eigenvalue weighted by Crippen LogP contribution is -2.01. The van der Waals surface area contributed by atoms with Crippen LogP contribution in [0.15, 0.2) is 41.7 Å². The Balaban J connectivity index is 1.94. The summed E-state index contributed by atoms with van der Waals surface area (Å²) in [5, 5.41) is 14.4. The van der Waals surface area contributed by atoms with Crippen LogP contribution in [-0.4, -0.2) is 20.7 Å². The molecule has 0 aliphatic heterocycles. The van der Waals surface area contributed by atoms with E-state index in [1.807, 2.05) is 30.3 Å². The van der Waals surface area contributed by atoms with Crippen molar-refractivity contribution in [2.45, 2.75) is 6.61 Å². The molecule has 2 aromatic rings. The van der Waals surface area contributed by atoms with Gasteiger partial charge in [-0.2, -0.15) is 0 Å². The van der Waals surface area contributed by atoms with Crippen LogP contribution in [0.1, 0.15) is 11.4 Å². The molecular formula is C12H12N4O3. The number of hydrogen-bond donors (Lipinski definition) is 0. The van der Waals surface area contributed by atoms with Gasteiger partial charge in [0, 0.05) is 0 Å². The Hall–Kier alpha value is -2.70. The first-order valence-corrected chi connectivity index (χ1v) is 5.54. The van der Waals surface area contributed by atoms with Crippen molar-refractivity contribution >= 4 is 12.0 Å². The van der Waals surface area contributed by atoms with Gasteiger partial charge >= 0.3 is 5.82 Å². The first kappa shape index (κ1) is 12.7. The maximum Gasteiger partial charge on any atom is 0.342 e. The van der Waals surface area contributed by atoms with Crippen molar-refractivity contribution in [2.24, 2.45) is 12.2 Å². The van der Waals surface area contributed by atoms with Crippen LogP contribution >= 0.6 is 0 Å². The second kappa shape index (κ2) is 5.76. The van der Waals surface area contributed by atoms with Gasteiger partial charge in [-0.05, 0) is 10.5 Å². The molecule has 1 aromatic carbocycles. The van der Waals surface area contributed by atoms with Crippen molar-refractivity contribution in [1.82, 2.24) is 9.55 Å². The van der Waals surface area contributed by atoms with Crippen LogP contribution in [0.4, 0.5) is 5.82 Å². The monoisotopic (exact) mass is 260 g/mol. The summed E-state index contributed by atoms with van der Waals surface area (Å²) in [6.45, 7) is 0.337. The second-order valence-electron chi connectivity index (χ2n) is 3.78. The minimum Gasteiger partial charge on any atom is -0.391 e. The van der Waals surface area contributed by atoms with E-state index in [-0.39, 0.29) is 5.82 Å². The summed E-state index contributed by atoms with van der Waals surface area (Å²) in [6, 6.07) is 9.57. The fourth-order valence-electron chi connectivity index (χ4n) is 1.47. The zero-order valence-electron chi connectivity index (χ0n) is 10.3. The molecule has 0 aliphatic carbocycles. The molecule has 1 heterocycles. The number of imidazole rings is 1. The van der Waals surface area contributed by atoms with Crippen molar-refractivity contribution in [2.75, 3.05) is 0 Å². The van der Waals surface area contributed by atoms with Gasteiger partial charge in [-0.25, -0.2) is 9.55 Å². The van der Waals surface area contributed by atoms with E-state index in [1.165, 1.54) is 17.0 Å². The lowest BCUT2D eigenvalue weighted by molar-refractivity contribution is -0.391. The molecule has 0 saturated carbocycles. The van der Waals surface area contributed by atoms with E-state index < -0.39 is 4.92 Å². The molecule has 7 nitrogen and oxygen atoms in total. The van der Waals surface area contributed by atoms with E-state index in [2.05, 4.69) is 10.1 Å². The van der Waals surface area contributed by atoms with Crippen LogP contribution in [-0.2, 0) is 18.5 Å². The van der Waals surface area contributed by atoms with E-state index in [4.69, 9.17) is 4.84 Å². The van der Waals surface area contributed by atoms with E-state index >= 15 is 0 Å². The first-order chi connectivity index (χ1) is 9.18. The Kier molecular flexibility index (Phi) is 3.87. The third kappa shape index (κ3) is 3.15. The van der Waals surface area contributed by atoms with Crippen molar-refractivity contribution in [3.63, 3.8) is 0 Å². The lowest BCUT2D eigenvalue weighted by atomic mass is 10.2. The number of nitrogens with zero attached hydrogens (tertiary/aromatic N) is 4. The van der Waals surface area contributed by atoms with Crippen LogP contribution in [0.5, 0.6) is 0 Å². The largest absolute Gasteiger partial charge is 0.391 e. The van der Waals surface area contributed by atoms with Crippen molar-refractivity contribution < 1.29 is 9.76 Å². The minimum absolute atomic E-state index is 0.0930. The summed E-state index contributed by atoms with van der Waals surface area (Å²) in [5.74, 6) is 0.268. The Morgan fingerprint density at radius 2 is 2.21 bits per heavy atom. The molecule has 0 unspecified atom stereocenters. The van der Waals surface area contributed by atoms with Gasteiger partial charge in [-0.3, -0.25) is 0 Å². The van der Waals surface area contributed by atoms with Gasteiger partial charge in [0.05, 0.1) is 7.05 Å². The average molecular weight is 260 g/mol. The van der Waals surface area contributed by atoms with Crippen molar-refractivity contribution in [3.05, 3.63) is 58.0 Å². The number of oxime groups is 1. The molecule has 19 heavy (non-hydrogen) atoms. The number of rotatable bonds is 5. The Labute approximate surface area is 109 Å². The summed E-state index contributed by atoms with van der Waals surface area (Å²) in [4.78, 5) is 19.1. The van der Waals surface area contributed by atoms with Crippen LogP contribution in [0.25, 0.3) is 0 Å². The summed E-state index contributed by atoms with van der Waals surface area (Å²) in [7, 11) is 1.55. The van der Waals surface area contributed by atoms with Gasteiger partial charge in [-0.15, -0.1) is 0 Å². The third-order valence-corrected chi connectivity index (χ3v) is 2.50. The number of benzene rings is 1. The molecule has 0 spiro atoms. The smallest absolute Gasteiger partial charge is 0.342 e. The molecule has 7 heteroatoms. The normalized spacial score (nSPS) is 10.8. The highest BCUT2D eigenvalue weighted by Crippen LogP contribution is 2.10. The molecule has 98 valence electrons. The van der Waals surface area contributed by atoms with E-state index in [1.54, 1.807) is 7.05 Å². The molecule has 0 atom stereocenters. The molecule has 0 aliphatic rings. The zero-order valence-corrected chi connectivity index (χ0v) is 10.3. The molecule has 1 aromatic heterocycles. The Morgan fingerprint density at radius 1 is 1.47 bits per heavy atom. The fourth-order valence-corrected chi connectivity index (χ4v) is 1.47. The standard InChI is InChI=1S/C12H12N4O3/c1-15-11(13-8-12(15)16(17)18)7-14-19-9-10-5-3-2-4-6-10/h2-8H,9H2,1H3/b14-7+. The highest BCUT2D eigenvalue weighted by Gasteiger charge is 2.14. The highest BCUT2D eigenvalue weighted by atomic mass is 16.6. The maximum absolute atomic E-state index is 10.6. The van der Waals surface area contributed by atoms with Gasteiger partial charge in [0.15, 0.2) is 0 Å². The third-order valence-electron chi connectivity index (χ3n) is 2.50. The van der Waals surface area contributed by atoms with Gasteiger partial charge in [0.2, 0.25) is 5.82 Å². The summed E-state index contributed by atoms with van der Waals surface area (Å²) in [5.41, 5.74) is 0.991. The number of nitro groups is 1. The van der Waals surface area contributed by atoms with Crippen LogP contribution < -0.4 is 0 Å². The van der Waals surface area contributed by atoms with Gasteiger partial charge in [-0.1, -0.05) is 35.5 Å². The van der Waals surface area contributed by atoms with E-state index in [0.717, 1.165) is 5.56 Å². The summed E-state index contributed by atoms with van der Waals surface area (Å²) < 4.78 is 1.33. The average Bonchev–Trinajstić information content (AvgIpc) is 2.77. The van der Waals surface area contributed by atoms with Gasteiger partial charge in [0.1, 0.15) is 19.0 Å². The Bertz CT molecular complexity index is 592. The molecule has 0 bridgehead atoms. The highest BCUT2D eigenvalue weighted by molar-refractivity contribution is 5.74. The SMILES string of the molecule is Cn1c([N+](=O)[O-])cnc1/C=N/OCc1ccccc1. The molecule has 0 radical (unpaired) electrons. The molecule has 0 saturated heterocycles. The topological polar surface area (TPSA) is 82.5 Å². The number of hydrogen-bond acceptors (Lipinski definition) is 5. The van der Waals surface area contributed by atoms with Crippen LogP contribution in [0.2, 0.25) is 0 Å². The quantitative estimate of drug-likeness (QED) is 0.467. The molecule has 2 rings (SSSR count). The fraction of sp³-hybridized carbons (Fsp3) is 0.167. The Morgan fingerprint density at radius 3 is 2.84 bits per heavy atom. The molecule has 0 N–H and O–H groups in total. The van der Waals surface area contributed by atoms with Crippen LogP contribution in [0, 0.1) is 10.1 Å².